The smallest absolute Gasteiger partial charge is 0.336 e. The summed E-state index contributed by atoms with van der Waals surface area (Å²) in [5, 5.41) is 12.1. The van der Waals surface area contributed by atoms with E-state index in [1.54, 1.807) is 12.1 Å². The fourth-order valence-electron chi connectivity index (χ4n) is 4.38. The van der Waals surface area contributed by atoms with E-state index in [9.17, 15) is 9.59 Å². The third-order valence-electron chi connectivity index (χ3n) is 7.02. The first kappa shape index (κ1) is 30.1. The highest BCUT2D eigenvalue weighted by Gasteiger charge is 2.11. The van der Waals surface area contributed by atoms with Crippen LogP contribution in [0.15, 0.2) is 96.6 Å². The number of carboxylic acid groups (broad SMARTS) is 1. The van der Waals surface area contributed by atoms with Crippen LogP contribution in [0.5, 0.6) is 0 Å². The standard InChI is InChI=1S/C21H25NO.C15H14O2/c1-14(2)17(5)20-12-19(10-9-16(20)4)21(23)22-13-18-8-6-7-15(3)11-18;1-2-11-7-9-12(10-8-11)13-5-3-4-6-14(13)15(16)17/h6-12H,13H2,1-5H3,(H,22,23);3-10H,2H2,1H3,(H,16,17). The molecule has 0 aliphatic carbocycles. The monoisotopic (exact) mass is 533 g/mol. The van der Waals surface area contributed by atoms with Crippen LogP contribution in [0.2, 0.25) is 0 Å². The number of amides is 1. The number of carbonyl (C=O) groups excluding carboxylic acids is 1. The maximum absolute atomic E-state index is 12.4. The Balaban J connectivity index is 0.000000230. The summed E-state index contributed by atoms with van der Waals surface area (Å²) in [5.41, 5.74) is 11.2. The zero-order chi connectivity index (χ0) is 29.2. The van der Waals surface area contributed by atoms with Crippen molar-refractivity contribution in [2.75, 3.05) is 0 Å². The molecule has 4 aromatic carbocycles. The van der Waals surface area contributed by atoms with Crippen LogP contribution in [0, 0.1) is 13.8 Å². The number of hydrogen-bond donors (Lipinski definition) is 2. The molecule has 4 heteroatoms. The van der Waals surface area contributed by atoms with Crippen molar-refractivity contribution in [2.45, 2.75) is 54.5 Å². The van der Waals surface area contributed by atoms with Gasteiger partial charge in [-0.15, -0.1) is 0 Å². The highest BCUT2D eigenvalue weighted by molar-refractivity contribution is 5.96. The molecule has 0 bridgehead atoms. The summed E-state index contributed by atoms with van der Waals surface area (Å²) < 4.78 is 0. The first-order chi connectivity index (χ1) is 19.1. The van der Waals surface area contributed by atoms with Crippen molar-refractivity contribution < 1.29 is 14.7 Å². The van der Waals surface area contributed by atoms with Crippen molar-refractivity contribution in [3.05, 3.63) is 136 Å². The van der Waals surface area contributed by atoms with Gasteiger partial charge in [0.25, 0.3) is 5.91 Å². The van der Waals surface area contributed by atoms with Gasteiger partial charge in [0, 0.05) is 12.1 Å². The number of aryl methyl sites for hydroxylation is 3. The van der Waals surface area contributed by atoms with Crippen molar-refractivity contribution in [3.8, 4) is 11.1 Å². The second-order valence-corrected chi connectivity index (χ2v) is 10.2. The number of aromatic carboxylic acids is 1. The summed E-state index contributed by atoms with van der Waals surface area (Å²) in [6, 6.07) is 29.2. The minimum Gasteiger partial charge on any atom is -0.478 e. The van der Waals surface area contributed by atoms with Gasteiger partial charge >= 0.3 is 5.97 Å². The zero-order valence-electron chi connectivity index (χ0n) is 24.3. The van der Waals surface area contributed by atoms with Gasteiger partial charge in [-0.05, 0) is 98.2 Å². The lowest BCUT2D eigenvalue weighted by Crippen LogP contribution is -2.23. The topological polar surface area (TPSA) is 66.4 Å². The molecule has 0 aliphatic heterocycles. The number of benzene rings is 4. The third-order valence-corrected chi connectivity index (χ3v) is 7.02. The van der Waals surface area contributed by atoms with Gasteiger partial charge in [-0.1, -0.05) is 90.9 Å². The van der Waals surface area contributed by atoms with Crippen molar-refractivity contribution in [3.63, 3.8) is 0 Å². The number of carboxylic acids is 1. The van der Waals surface area contributed by atoms with Gasteiger partial charge in [0.05, 0.1) is 5.56 Å². The van der Waals surface area contributed by atoms with Crippen LogP contribution in [0.3, 0.4) is 0 Å². The van der Waals surface area contributed by atoms with Crippen LogP contribution in [-0.4, -0.2) is 17.0 Å². The van der Waals surface area contributed by atoms with Crippen LogP contribution >= 0.6 is 0 Å². The SMILES string of the molecule is CC(C)=C(C)c1cc(C(=O)NCc2cccc(C)c2)ccc1C.CCc1ccc(-c2ccccc2C(=O)O)cc1. The molecule has 0 heterocycles. The summed E-state index contributed by atoms with van der Waals surface area (Å²) in [7, 11) is 0. The van der Waals surface area contributed by atoms with Gasteiger partial charge in [-0.3, -0.25) is 4.79 Å². The van der Waals surface area contributed by atoms with E-state index in [4.69, 9.17) is 5.11 Å². The lowest BCUT2D eigenvalue weighted by Gasteiger charge is -2.12. The summed E-state index contributed by atoms with van der Waals surface area (Å²) >= 11 is 0. The Bertz CT molecular complexity index is 1510. The molecule has 4 nitrogen and oxygen atoms in total. The van der Waals surface area contributed by atoms with Gasteiger partial charge in [-0.25, -0.2) is 4.79 Å². The Morgan fingerprint density at radius 2 is 1.45 bits per heavy atom. The van der Waals surface area contributed by atoms with Gasteiger partial charge in [-0.2, -0.15) is 0 Å². The number of rotatable bonds is 7. The summed E-state index contributed by atoms with van der Waals surface area (Å²) in [4.78, 5) is 23.5. The maximum Gasteiger partial charge on any atom is 0.336 e. The Labute approximate surface area is 238 Å². The number of carbonyl (C=O) groups is 2. The largest absolute Gasteiger partial charge is 0.478 e. The molecule has 4 rings (SSSR count). The molecule has 0 unspecified atom stereocenters. The lowest BCUT2D eigenvalue weighted by atomic mass is 9.96. The lowest BCUT2D eigenvalue weighted by molar-refractivity contribution is 0.0697. The summed E-state index contributed by atoms with van der Waals surface area (Å²) in [6.07, 6.45) is 0.987. The predicted octanol–water partition coefficient (Wildman–Crippen LogP) is 8.66. The second-order valence-electron chi connectivity index (χ2n) is 10.2. The Morgan fingerprint density at radius 3 is 2.08 bits per heavy atom. The van der Waals surface area contributed by atoms with Gasteiger partial charge in [0.15, 0.2) is 0 Å². The van der Waals surface area contributed by atoms with E-state index in [0.717, 1.165) is 28.7 Å². The highest BCUT2D eigenvalue weighted by Crippen LogP contribution is 2.25. The van der Waals surface area contributed by atoms with Gasteiger partial charge in [0.2, 0.25) is 0 Å². The molecule has 0 aromatic heterocycles. The first-order valence-electron chi connectivity index (χ1n) is 13.6. The molecule has 0 spiro atoms. The molecule has 0 fully saturated rings. The fourth-order valence-corrected chi connectivity index (χ4v) is 4.38. The molecule has 0 radical (unpaired) electrons. The minimum atomic E-state index is -0.889. The van der Waals surface area contributed by atoms with Crippen LogP contribution < -0.4 is 5.32 Å². The van der Waals surface area contributed by atoms with Crippen LogP contribution in [0.4, 0.5) is 0 Å². The third kappa shape index (κ3) is 8.03. The van der Waals surface area contributed by atoms with Gasteiger partial charge in [0.1, 0.15) is 0 Å². The molecular formula is C36H39NO3. The van der Waals surface area contributed by atoms with Crippen LogP contribution in [-0.2, 0) is 13.0 Å². The molecule has 0 atom stereocenters. The predicted molar refractivity (Wildman–Crippen MR) is 166 cm³/mol. The Morgan fingerprint density at radius 1 is 0.750 bits per heavy atom. The first-order valence-corrected chi connectivity index (χ1v) is 13.6. The van der Waals surface area contributed by atoms with Crippen LogP contribution in [0.25, 0.3) is 16.7 Å². The Hall–Kier alpha value is -4.44. The van der Waals surface area contributed by atoms with E-state index in [-0.39, 0.29) is 5.91 Å². The van der Waals surface area contributed by atoms with Crippen LogP contribution in [0.1, 0.15) is 76.2 Å². The highest BCUT2D eigenvalue weighted by atomic mass is 16.4. The number of allylic oxidation sites excluding steroid dienone is 2. The molecular weight excluding hydrogens is 494 g/mol. The molecule has 4 aromatic rings. The minimum absolute atomic E-state index is 0.0330. The molecule has 2 N–H and O–H groups in total. The van der Waals surface area contributed by atoms with E-state index < -0.39 is 5.97 Å². The van der Waals surface area contributed by atoms with E-state index in [0.29, 0.717) is 17.7 Å². The van der Waals surface area contributed by atoms with Gasteiger partial charge < -0.3 is 10.4 Å². The summed E-state index contributed by atoms with van der Waals surface area (Å²) in [5.74, 6) is -0.922. The van der Waals surface area contributed by atoms with E-state index >= 15 is 0 Å². The normalized spacial score (nSPS) is 10.2. The average Bonchev–Trinajstić information content (AvgIpc) is 2.96. The number of nitrogens with one attached hydrogen (secondary N) is 1. The molecule has 0 saturated carbocycles. The molecule has 206 valence electrons. The fraction of sp³-hybridized carbons (Fsp3) is 0.222. The van der Waals surface area contributed by atoms with Crippen molar-refractivity contribution in [2.24, 2.45) is 0 Å². The number of hydrogen-bond acceptors (Lipinski definition) is 2. The molecule has 40 heavy (non-hydrogen) atoms. The molecule has 0 saturated heterocycles. The van der Waals surface area contributed by atoms with Crippen molar-refractivity contribution in [1.82, 2.24) is 5.32 Å². The second kappa shape index (κ2) is 14.1. The van der Waals surface area contributed by atoms with E-state index in [2.05, 4.69) is 59.0 Å². The maximum atomic E-state index is 12.4. The van der Waals surface area contributed by atoms with Crippen molar-refractivity contribution >= 4 is 17.4 Å². The van der Waals surface area contributed by atoms with E-state index in [1.165, 1.54) is 27.8 Å². The molecule has 1 amide bonds. The van der Waals surface area contributed by atoms with Crippen molar-refractivity contribution in [1.29, 1.82) is 0 Å². The zero-order valence-corrected chi connectivity index (χ0v) is 24.3. The summed E-state index contributed by atoms with van der Waals surface area (Å²) in [6.45, 7) is 13.1. The average molecular weight is 534 g/mol. The Kier molecular flexibility index (Phi) is 10.6. The quantitative estimate of drug-likeness (QED) is 0.250. The molecule has 0 aliphatic rings. The van der Waals surface area contributed by atoms with E-state index in [1.807, 2.05) is 66.7 Å².